The Hall–Kier alpha value is -2.71. The number of aromatic nitrogens is 2. The van der Waals surface area contributed by atoms with E-state index >= 15 is 0 Å². The SMILES string of the molecule is CC[C@H]1CN(c2ncc(C(=O)NC3CC3)nc2C)CCN1C1CCN(C(=O)c2ccc(Cl)cc2)CC1. The minimum Gasteiger partial charge on any atom is -0.352 e. The molecule has 0 unspecified atom stereocenters. The molecule has 1 atom stereocenters. The van der Waals surface area contributed by atoms with Crippen LogP contribution in [0.3, 0.4) is 0 Å². The van der Waals surface area contributed by atoms with Crippen molar-refractivity contribution in [2.45, 2.75) is 64.1 Å². The summed E-state index contributed by atoms with van der Waals surface area (Å²) in [5.74, 6) is 0.835. The molecule has 0 bridgehead atoms. The van der Waals surface area contributed by atoms with Crippen LogP contribution in [0, 0.1) is 6.92 Å². The van der Waals surface area contributed by atoms with E-state index in [-0.39, 0.29) is 11.8 Å². The first-order valence-corrected chi connectivity index (χ1v) is 13.5. The largest absolute Gasteiger partial charge is 0.352 e. The van der Waals surface area contributed by atoms with Crippen molar-refractivity contribution < 1.29 is 9.59 Å². The third-order valence-corrected chi connectivity index (χ3v) is 7.93. The van der Waals surface area contributed by atoms with Crippen molar-refractivity contribution in [2.24, 2.45) is 0 Å². The van der Waals surface area contributed by atoms with Gasteiger partial charge in [-0.15, -0.1) is 0 Å². The predicted molar refractivity (Wildman–Crippen MR) is 141 cm³/mol. The number of rotatable bonds is 6. The zero-order chi connectivity index (χ0) is 25.2. The lowest BCUT2D eigenvalue weighted by Gasteiger charge is -2.47. The van der Waals surface area contributed by atoms with Gasteiger partial charge in [0, 0.05) is 61.4 Å². The second-order valence-electron chi connectivity index (χ2n) is 10.2. The van der Waals surface area contributed by atoms with E-state index in [4.69, 9.17) is 11.6 Å². The number of carbonyl (C=O) groups is 2. The Balaban J connectivity index is 1.18. The fraction of sp³-hybridized carbons (Fsp3) is 0.556. The topological polar surface area (TPSA) is 81.7 Å². The monoisotopic (exact) mass is 510 g/mol. The number of anilines is 1. The Bertz CT molecular complexity index is 1100. The van der Waals surface area contributed by atoms with Crippen LogP contribution in [0.4, 0.5) is 5.82 Å². The van der Waals surface area contributed by atoms with Crippen molar-refractivity contribution in [3.8, 4) is 0 Å². The quantitative estimate of drug-likeness (QED) is 0.640. The van der Waals surface area contributed by atoms with E-state index in [9.17, 15) is 9.59 Å². The standard InChI is InChI=1S/C27H35ClN6O2/c1-3-22-17-33(25-18(2)30-24(16-29-25)26(35)31-21-8-9-21)14-15-34(22)23-10-12-32(13-11-23)27(36)19-4-6-20(28)7-5-19/h4-7,16,21-23H,3,8-15,17H2,1-2H3,(H,31,35)/t22-/m0/s1. The zero-order valence-corrected chi connectivity index (χ0v) is 21.9. The van der Waals surface area contributed by atoms with Gasteiger partial charge in [0.1, 0.15) is 11.5 Å². The first kappa shape index (κ1) is 25.0. The molecule has 2 saturated heterocycles. The predicted octanol–water partition coefficient (Wildman–Crippen LogP) is 3.54. The van der Waals surface area contributed by atoms with Gasteiger partial charge in [-0.25, -0.2) is 9.97 Å². The number of aryl methyl sites for hydroxylation is 1. The maximum atomic E-state index is 12.9. The van der Waals surface area contributed by atoms with Crippen LogP contribution in [0.1, 0.15) is 65.6 Å². The summed E-state index contributed by atoms with van der Waals surface area (Å²) in [5.41, 5.74) is 1.90. The lowest BCUT2D eigenvalue weighted by molar-refractivity contribution is 0.0490. The maximum absolute atomic E-state index is 12.9. The van der Waals surface area contributed by atoms with Crippen molar-refractivity contribution in [1.29, 1.82) is 0 Å². The Kier molecular flexibility index (Phi) is 7.44. The molecule has 3 aliphatic rings. The minimum absolute atomic E-state index is 0.0882. The van der Waals surface area contributed by atoms with Crippen molar-refractivity contribution in [1.82, 2.24) is 25.1 Å². The normalized spacial score (nSPS) is 21.5. The van der Waals surface area contributed by atoms with E-state index in [0.717, 1.165) is 76.3 Å². The Morgan fingerprint density at radius 2 is 1.78 bits per heavy atom. The van der Waals surface area contributed by atoms with Gasteiger partial charge in [0.25, 0.3) is 11.8 Å². The fourth-order valence-electron chi connectivity index (χ4n) is 5.46. The van der Waals surface area contributed by atoms with Gasteiger partial charge in [0.2, 0.25) is 0 Å². The number of nitrogens with one attached hydrogen (secondary N) is 1. The summed E-state index contributed by atoms with van der Waals surface area (Å²) >= 11 is 5.97. The average molecular weight is 511 g/mol. The Morgan fingerprint density at radius 3 is 2.42 bits per heavy atom. The van der Waals surface area contributed by atoms with Crippen LogP contribution in [0.5, 0.6) is 0 Å². The van der Waals surface area contributed by atoms with Crippen LogP contribution < -0.4 is 10.2 Å². The zero-order valence-electron chi connectivity index (χ0n) is 21.1. The highest BCUT2D eigenvalue weighted by atomic mass is 35.5. The van der Waals surface area contributed by atoms with Gasteiger partial charge in [0.05, 0.1) is 11.9 Å². The van der Waals surface area contributed by atoms with Crippen LogP contribution in [-0.2, 0) is 0 Å². The van der Waals surface area contributed by atoms with E-state index in [1.165, 1.54) is 0 Å². The molecule has 3 heterocycles. The highest BCUT2D eigenvalue weighted by molar-refractivity contribution is 6.30. The Labute approximate surface area is 218 Å². The Morgan fingerprint density at radius 1 is 1.06 bits per heavy atom. The number of piperazine rings is 1. The third kappa shape index (κ3) is 5.49. The number of amides is 2. The molecule has 1 aromatic heterocycles. The van der Waals surface area contributed by atoms with Crippen LogP contribution in [0.25, 0.3) is 0 Å². The first-order valence-electron chi connectivity index (χ1n) is 13.1. The molecular weight excluding hydrogens is 476 g/mol. The van der Waals surface area contributed by atoms with Crippen LogP contribution in [0.2, 0.25) is 5.02 Å². The molecule has 0 radical (unpaired) electrons. The average Bonchev–Trinajstić information content (AvgIpc) is 3.72. The molecular formula is C27H35ClN6O2. The maximum Gasteiger partial charge on any atom is 0.271 e. The molecule has 8 nitrogen and oxygen atoms in total. The molecule has 36 heavy (non-hydrogen) atoms. The van der Waals surface area contributed by atoms with Gasteiger partial charge < -0.3 is 15.1 Å². The van der Waals surface area contributed by atoms with Crippen molar-refractivity contribution in [3.63, 3.8) is 0 Å². The van der Waals surface area contributed by atoms with Gasteiger partial charge in [0.15, 0.2) is 0 Å². The van der Waals surface area contributed by atoms with Gasteiger partial charge in [-0.05, 0) is 63.3 Å². The molecule has 2 aromatic rings. The molecule has 1 aromatic carbocycles. The number of piperidine rings is 1. The fourth-order valence-corrected chi connectivity index (χ4v) is 5.59. The summed E-state index contributed by atoms with van der Waals surface area (Å²) in [5, 5.41) is 3.63. The highest BCUT2D eigenvalue weighted by Crippen LogP contribution is 2.27. The molecule has 1 aliphatic carbocycles. The molecule has 5 rings (SSSR count). The molecule has 0 spiro atoms. The number of likely N-dealkylation sites (tertiary alicyclic amines) is 1. The molecule has 9 heteroatoms. The summed E-state index contributed by atoms with van der Waals surface area (Å²) in [6.07, 6.45) is 6.74. The number of hydrogen-bond acceptors (Lipinski definition) is 6. The molecule has 1 N–H and O–H groups in total. The number of halogens is 1. The van der Waals surface area contributed by atoms with Crippen LogP contribution in [0.15, 0.2) is 30.5 Å². The lowest BCUT2D eigenvalue weighted by Crippen LogP contribution is -2.59. The van der Waals surface area contributed by atoms with Crippen LogP contribution >= 0.6 is 11.6 Å². The second-order valence-corrected chi connectivity index (χ2v) is 10.6. The molecule has 2 amide bonds. The third-order valence-electron chi connectivity index (χ3n) is 7.68. The first-order chi connectivity index (χ1) is 17.4. The van der Waals surface area contributed by atoms with E-state index in [1.54, 1.807) is 30.5 Å². The number of benzene rings is 1. The molecule has 192 valence electrons. The number of nitrogens with zero attached hydrogens (tertiary/aromatic N) is 5. The van der Waals surface area contributed by atoms with Gasteiger partial charge in [-0.3, -0.25) is 14.5 Å². The summed E-state index contributed by atoms with van der Waals surface area (Å²) in [7, 11) is 0. The molecule has 3 fully saturated rings. The van der Waals surface area contributed by atoms with Gasteiger partial charge in [-0.1, -0.05) is 18.5 Å². The van der Waals surface area contributed by atoms with Crippen molar-refractivity contribution in [2.75, 3.05) is 37.6 Å². The summed E-state index contributed by atoms with van der Waals surface area (Å²) in [4.78, 5) is 41.4. The van der Waals surface area contributed by atoms with Crippen LogP contribution in [-0.4, -0.2) is 82.4 Å². The number of carbonyl (C=O) groups excluding carboxylic acids is 2. The van der Waals surface area contributed by atoms with Crippen molar-refractivity contribution in [3.05, 3.63) is 52.4 Å². The summed E-state index contributed by atoms with van der Waals surface area (Å²) < 4.78 is 0. The highest BCUT2D eigenvalue weighted by Gasteiger charge is 2.35. The molecule has 1 saturated carbocycles. The van der Waals surface area contributed by atoms with Crippen molar-refractivity contribution >= 4 is 29.2 Å². The summed E-state index contributed by atoms with van der Waals surface area (Å²) in [6, 6.07) is 8.36. The lowest BCUT2D eigenvalue weighted by atomic mass is 9.97. The van der Waals surface area contributed by atoms with Gasteiger partial charge >= 0.3 is 0 Å². The minimum atomic E-state index is -0.128. The van der Waals surface area contributed by atoms with E-state index in [1.807, 2.05) is 11.8 Å². The van der Waals surface area contributed by atoms with E-state index in [2.05, 4.69) is 32.0 Å². The smallest absolute Gasteiger partial charge is 0.271 e. The summed E-state index contributed by atoms with van der Waals surface area (Å²) in [6.45, 7) is 8.46. The van der Waals surface area contributed by atoms with E-state index in [0.29, 0.717) is 34.4 Å². The molecule has 2 aliphatic heterocycles. The van der Waals surface area contributed by atoms with Gasteiger partial charge in [-0.2, -0.15) is 0 Å². The second kappa shape index (κ2) is 10.7. The van der Waals surface area contributed by atoms with E-state index < -0.39 is 0 Å². The number of hydrogen-bond donors (Lipinski definition) is 1.